The standard InChI is InChI=1S/C22H19ClN4O2/c1-14-4-7-18(10-19(14)23)26-22(29)17-6-3-15(2)20(9-17)27-21(28)8-5-16-11-24-13-25-12-16/h3-13H,1-2H3,(H,26,29)(H,27,28). The van der Waals surface area contributed by atoms with E-state index in [1.165, 1.54) is 12.4 Å². The van der Waals surface area contributed by atoms with Gasteiger partial charge in [0.25, 0.3) is 5.91 Å². The van der Waals surface area contributed by atoms with Crippen LogP contribution in [0.4, 0.5) is 11.4 Å². The molecule has 0 spiro atoms. The summed E-state index contributed by atoms with van der Waals surface area (Å²) in [6.07, 6.45) is 7.62. The third kappa shape index (κ3) is 5.49. The lowest BCUT2D eigenvalue weighted by atomic mass is 10.1. The Labute approximate surface area is 173 Å². The van der Waals surface area contributed by atoms with Crippen LogP contribution in [0.1, 0.15) is 27.0 Å². The average Bonchev–Trinajstić information content (AvgIpc) is 2.71. The molecule has 7 heteroatoms. The van der Waals surface area contributed by atoms with Crippen molar-refractivity contribution in [3.8, 4) is 0 Å². The Hall–Kier alpha value is -3.51. The molecule has 1 aromatic heterocycles. The van der Waals surface area contributed by atoms with Crippen molar-refractivity contribution < 1.29 is 9.59 Å². The van der Waals surface area contributed by atoms with Crippen LogP contribution in [0.25, 0.3) is 6.08 Å². The lowest BCUT2D eigenvalue weighted by Crippen LogP contribution is -2.14. The molecule has 29 heavy (non-hydrogen) atoms. The maximum absolute atomic E-state index is 12.6. The quantitative estimate of drug-likeness (QED) is 0.604. The summed E-state index contributed by atoms with van der Waals surface area (Å²) in [4.78, 5) is 32.6. The van der Waals surface area contributed by atoms with Crippen molar-refractivity contribution in [3.63, 3.8) is 0 Å². The van der Waals surface area contributed by atoms with Crippen LogP contribution in [-0.4, -0.2) is 21.8 Å². The van der Waals surface area contributed by atoms with Gasteiger partial charge in [0.05, 0.1) is 0 Å². The van der Waals surface area contributed by atoms with Crippen LogP contribution in [0.3, 0.4) is 0 Å². The van der Waals surface area contributed by atoms with Crippen LogP contribution in [0.5, 0.6) is 0 Å². The van der Waals surface area contributed by atoms with Crippen molar-refractivity contribution in [3.05, 3.63) is 88.5 Å². The first kappa shape index (κ1) is 20.2. The molecule has 2 N–H and O–H groups in total. The zero-order valence-corrected chi connectivity index (χ0v) is 16.7. The molecule has 0 atom stereocenters. The third-order valence-electron chi connectivity index (χ3n) is 4.20. The summed E-state index contributed by atoms with van der Waals surface area (Å²) in [6.45, 7) is 3.74. The van der Waals surface area contributed by atoms with Crippen molar-refractivity contribution in [1.29, 1.82) is 0 Å². The van der Waals surface area contributed by atoms with E-state index in [2.05, 4.69) is 20.6 Å². The van der Waals surface area contributed by atoms with Crippen molar-refractivity contribution in [2.75, 3.05) is 10.6 Å². The Bertz CT molecular complexity index is 1080. The minimum atomic E-state index is -0.320. The Morgan fingerprint density at radius 1 is 0.966 bits per heavy atom. The van der Waals surface area contributed by atoms with E-state index in [9.17, 15) is 9.59 Å². The summed E-state index contributed by atoms with van der Waals surface area (Å²) in [5, 5.41) is 6.18. The van der Waals surface area contributed by atoms with Crippen molar-refractivity contribution >= 4 is 40.9 Å². The Morgan fingerprint density at radius 3 is 2.41 bits per heavy atom. The molecule has 2 amide bonds. The topological polar surface area (TPSA) is 84.0 Å². The molecule has 0 bridgehead atoms. The molecular weight excluding hydrogens is 388 g/mol. The van der Waals surface area contributed by atoms with Gasteiger partial charge in [-0.1, -0.05) is 23.7 Å². The van der Waals surface area contributed by atoms with E-state index in [1.807, 2.05) is 19.9 Å². The van der Waals surface area contributed by atoms with Gasteiger partial charge in [0.15, 0.2) is 0 Å². The number of carbonyl (C=O) groups is 2. The first-order chi connectivity index (χ1) is 13.9. The maximum atomic E-state index is 12.6. The van der Waals surface area contributed by atoms with E-state index in [4.69, 9.17) is 11.6 Å². The van der Waals surface area contributed by atoms with Gasteiger partial charge in [-0.25, -0.2) is 9.97 Å². The van der Waals surface area contributed by atoms with Crippen LogP contribution in [0, 0.1) is 13.8 Å². The van der Waals surface area contributed by atoms with Crippen molar-refractivity contribution in [2.24, 2.45) is 0 Å². The lowest BCUT2D eigenvalue weighted by Gasteiger charge is -2.11. The highest BCUT2D eigenvalue weighted by Crippen LogP contribution is 2.22. The first-order valence-electron chi connectivity index (χ1n) is 8.84. The molecule has 0 saturated heterocycles. The van der Waals surface area contributed by atoms with E-state index in [-0.39, 0.29) is 11.8 Å². The number of benzene rings is 2. The summed E-state index contributed by atoms with van der Waals surface area (Å²) >= 11 is 6.11. The molecule has 0 saturated carbocycles. The number of halogens is 1. The number of rotatable bonds is 5. The number of aryl methyl sites for hydroxylation is 2. The van der Waals surface area contributed by atoms with Crippen LogP contribution in [0.15, 0.2) is 61.2 Å². The van der Waals surface area contributed by atoms with Gasteiger partial charge in [-0.15, -0.1) is 0 Å². The number of anilines is 2. The Kier molecular flexibility index (Phi) is 6.36. The second kappa shape index (κ2) is 9.12. The fourth-order valence-electron chi connectivity index (χ4n) is 2.51. The largest absolute Gasteiger partial charge is 0.322 e. The molecule has 0 aliphatic heterocycles. The molecule has 3 rings (SSSR count). The molecule has 0 aliphatic carbocycles. The van der Waals surface area contributed by atoms with Crippen LogP contribution < -0.4 is 10.6 Å². The van der Waals surface area contributed by atoms with Gasteiger partial charge in [0.2, 0.25) is 5.91 Å². The van der Waals surface area contributed by atoms with Gasteiger partial charge in [-0.2, -0.15) is 0 Å². The summed E-state index contributed by atoms with van der Waals surface area (Å²) in [6, 6.07) is 10.4. The number of hydrogen-bond donors (Lipinski definition) is 2. The van der Waals surface area contributed by atoms with Gasteiger partial charge in [0.1, 0.15) is 6.33 Å². The van der Waals surface area contributed by atoms with E-state index < -0.39 is 0 Å². The number of nitrogens with one attached hydrogen (secondary N) is 2. The van der Waals surface area contributed by atoms with E-state index in [0.717, 1.165) is 11.1 Å². The second-order valence-corrected chi connectivity index (χ2v) is 6.85. The molecule has 0 fully saturated rings. The maximum Gasteiger partial charge on any atom is 0.255 e. The summed E-state index contributed by atoms with van der Waals surface area (Å²) < 4.78 is 0. The van der Waals surface area contributed by atoms with Gasteiger partial charge >= 0.3 is 0 Å². The normalized spacial score (nSPS) is 10.7. The first-order valence-corrected chi connectivity index (χ1v) is 9.22. The van der Waals surface area contributed by atoms with Gasteiger partial charge < -0.3 is 10.6 Å². The fraction of sp³-hybridized carbons (Fsp3) is 0.0909. The molecule has 0 radical (unpaired) electrons. The fourth-order valence-corrected chi connectivity index (χ4v) is 2.70. The predicted octanol–water partition coefficient (Wildman–Crippen LogP) is 4.65. The van der Waals surface area contributed by atoms with E-state index in [0.29, 0.717) is 27.5 Å². The molecule has 1 heterocycles. The molecule has 6 nitrogen and oxygen atoms in total. The number of carbonyl (C=O) groups excluding carboxylic acids is 2. The van der Waals surface area contributed by atoms with Crippen molar-refractivity contribution in [2.45, 2.75) is 13.8 Å². The monoisotopic (exact) mass is 406 g/mol. The highest BCUT2D eigenvalue weighted by atomic mass is 35.5. The van der Waals surface area contributed by atoms with Crippen LogP contribution in [0.2, 0.25) is 5.02 Å². The summed E-state index contributed by atoms with van der Waals surface area (Å²) in [5.74, 6) is -0.614. The highest BCUT2D eigenvalue weighted by Gasteiger charge is 2.10. The third-order valence-corrected chi connectivity index (χ3v) is 4.60. The number of aromatic nitrogens is 2. The van der Waals surface area contributed by atoms with E-state index in [1.54, 1.807) is 48.8 Å². The smallest absolute Gasteiger partial charge is 0.255 e. The SMILES string of the molecule is Cc1ccc(NC(=O)c2ccc(C)c(NC(=O)C=Cc3cncnc3)c2)cc1Cl. The zero-order chi connectivity index (χ0) is 20.8. The Balaban J connectivity index is 1.71. The average molecular weight is 407 g/mol. The minimum absolute atomic E-state index is 0.294. The molecule has 146 valence electrons. The second-order valence-electron chi connectivity index (χ2n) is 6.44. The Morgan fingerprint density at radius 2 is 1.69 bits per heavy atom. The van der Waals surface area contributed by atoms with Gasteiger partial charge in [0, 0.05) is 46.0 Å². The summed E-state index contributed by atoms with van der Waals surface area (Å²) in [5.41, 5.74) is 4.06. The molecule has 2 aromatic carbocycles. The zero-order valence-electron chi connectivity index (χ0n) is 15.9. The van der Waals surface area contributed by atoms with Gasteiger partial charge in [-0.05, 0) is 55.3 Å². The molecule has 3 aromatic rings. The van der Waals surface area contributed by atoms with Crippen LogP contribution in [-0.2, 0) is 4.79 Å². The lowest BCUT2D eigenvalue weighted by molar-refractivity contribution is -0.111. The summed E-state index contributed by atoms with van der Waals surface area (Å²) in [7, 11) is 0. The predicted molar refractivity (Wildman–Crippen MR) is 115 cm³/mol. The van der Waals surface area contributed by atoms with Gasteiger partial charge in [-0.3, -0.25) is 9.59 Å². The number of hydrogen-bond acceptors (Lipinski definition) is 4. The van der Waals surface area contributed by atoms with Crippen molar-refractivity contribution in [1.82, 2.24) is 9.97 Å². The molecule has 0 aliphatic rings. The van der Waals surface area contributed by atoms with Crippen LogP contribution >= 0.6 is 11.6 Å². The number of amides is 2. The number of nitrogens with zero attached hydrogens (tertiary/aromatic N) is 2. The molecular formula is C22H19ClN4O2. The highest BCUT2D eigenvalue weighted by molar-refractivity contribution is 6.31. The van der Waals surface area contributed by atoms with E-state index >= 15 is 0 Å². The molecule has 0 unspecified atom stereocenters. The minimum Gasteiger partial charge on any atom is -0.322 e.